The minimum absolute atomic E-state index is 0.0107. The van der Waals surface area contributed by atoms with Crippen LogP contribution in [0.2, 0.25) is 0 Å². The fourth-order valence-corrected chi connectivity index (χ4v) is 4.43. The molecule has 3 heterocycles. The Balaban J connectivity index is 1.29. The number of amides is 1. The lowest BCUT2D eigenvalue weighted by molar-refractivity contribution is 0.0792. The Morgan fingerprint density at radius 3 is 2.59 bits per heavy atom. The van der Waals surface area contributed by atoms with E-state index in [1.54, 1.807) is 60.8 Å². The van der Waals surface area contributed by atoms with Gasteiger partial charge in [-0.05, 0) is 55.7 Å². The molecule has 2 aromatic heterocycles. The van der Waals surface area contributed by atoms with E-state index < -0.39 is 0 Å². The first-order valence-corrected chi connectivity index (χ1v) is 12.6. The molecule has 1 saturated heterocycles. The average molecular weight is 525 g/mol. The van der Waals surface area contributed by atoms with E-state index in [2.05, 4.69) is 31.4 Å². The van der Waals surface area contributed by atoms with Crippen molar-refractivity contribution in [3.63, 3.8) is 0 Å². The third kappa shape index (κ3) is 5.96. The molecular weight excluding hydrogens is 496 g/mol. The number of methoxy groups -OCH3 is 1. The van der Waals surface area contributed by atoms with Crippen LogP contribution in [0.4, 0.5) is 11.6 Å². The Bertz CT molecular complexity index is 1480. The third-order valence-electron chi connectivity index (χ3n) is 6.41. The van der Waals surface area contributed by atoms with Gasteiger partial charge in [-0.15, -0.1) is 0 Å². The van der Waals surface area contributed by atoms with Crippen LogP contribution in [0, 0.1) is 11.3 Å². The van der Waals surface area contributed by atoms with E-state index in [-0.39, 0.29) is 12.0 Å². The van der Waals surface area contributed by atoms with Crippen LogP contribution in [0.1, 0.15) is 35.7 Å². The normalized spacial score (nSPS) is 13.5. The van der Waals surface area contributed by atoms with Gasteiger partial charge in [0.25, 0.3) is 5.91 Å². The number of rotatable bonds is 9. The first-order valence-electron chi connectivity index (χ1n) is 12.6. The van der Waals surface area contributed by atoms with Gasteiger partial charge in [0.1, 0.15) is 36.3 Å². The van der Waals surface area contributed by atoms with Gasteiger partial charge in [0.2, 0.25) is 5.95 Å². The number of aromatic nitrogens is 5. The van der Waals surface area contributed by atoms with Crippen molar-refractivity contribution in [3.8, 4) is 28.7 Å². The number of carbonyl (C=O) groups is 1. The highest BCUT2D eigenvalue weighted by molar-refractivity contribution is 5.95. The molecule has 0 saturated carbocycles. The van der Waals surface area contributed by atoms with Gasteiger partial charge in [0, 0.05) is 36.6 Å². The van der Waals surface area contributed by atoms with E-state index in [0.29, 0.717) is 40.8 Å². The lowest BCUT2D eigenvalue weighted by atomic mass is 10.1. The van der Waals surface area contributed by atoms with Crippen molar-refractivity contribution in [2.24, 2.45) is 0 Å². The van der Waals surface area contributed by atoms with E-state index in [9.17, 15) is 10.1 Å². The van der Waals surface area contributed by atoms with Gasteiger partial charge >= 0.3 is 0 Å². The summed E-state index contributed by atoms with van der Waals surface area (Å²) < 4.78 is 13.3. The number of nitriles is 1. The highest BCUT2D eigenvalue weighted by atomic mass is 16.5. The summed E-state index contributed by atoms with van der Waals surface area (Å²) in [6, 6.07) is 12.8. The maximum atomic E-state index is 12.7. The topological polar surface area (TPSA) is 131 Å². The molecule has 4 aromatic rings. The first-order chi connectivity index (χ1) is 19.0. The Hall–Kier alpha value is -4.98. The Morgan fingerprint density at radius 1 is 1.10 bits per heavy atom. The summed E-state index contributed by atoms with van der Waals surface area (Å²) in [7, 11) is 1.56. The molecule has 39 heavy (non-hydrogen) atoms. The van der Waals surface area contributed by atoms with Gasteiger partial charge < -0.3 is 19.7 Å². The molecule has 11 heteroatoms. The van der Waals surface area contributed by atoms with Crippen LogP contribution in [0.5, 0.6) is 11.5 Å². The summed E-state index contributed by atoms with van der Waals surface area (Å²) >= 11 is 0. The van der Waals surface area contributed by atoms with E-state index in [1.165, 1.54) is 6.33 Å². The summed E-state index contributed by atoms with van der Waals surface area (Å²) in [5.41, 5.74) is 3.24. The zero-order chi connectivity index (χ0) is 27.2. The Labute approximate surface area is 226 Å². The fourth-order valence-electron chi connectivity index (χ4n) is 4.43. The van der Waals surface area contributed by atoms with E-state index >= 15 is 0 Å². The summed E-state index contributed by atoms with van der Waals surface area (Å²) in [6.45, 7) is 3.98. The number of hydrogen-bond donors (Lipinski definition) is 1. The molecule has 1 N–H and O–H groups in total. The SMILES string of the molecule is COc1cc(C(=O)N2CCCC2)ccc1Nc1ncc(-c2ccc(C#N)c(O[C@@H](C)Cn3cncn3)c2)cn1. The number of anilines is 2. The van der Waals surface area contributed by atoms with Gasteiger partial charge in [0.05, 0.1) is 24.9 Å². The lowest BCUT2D eigenvalue weighted by Crippen LogP contribution is -2.27. The third-order valence-corrected chi connectivity index (χ3v) is 6.41. The molecule has 5 rings (SSSR count). The minimum atomic E-state index is -0.233. The predicted molar refractivity (Wildman–Crippen MR) is 144 cm³/mol. The second kappa shape index (κ2) is 11.6. The molecule has 11 nitrogen and oxygen atoms in total. The smallest absolute Gasteiger partial charge is 0.253 e. The summed E-state index contributed by atoms with van der Waals surface area (Å²) in [4.78, 5) is 27.5. The Kier molecular flexibility index (Phi) is 7.63. The molecule has 0 aliphatic carbocycles. The van der Waals surface area contributed by atoms with E-state index in [1.807, 2.05) is 17.9 Å². The van der Waals surface area contributed by atoms with Crippen molar-refractivity contribution in [3.05, 3.63) is 72.6 Å². The van der Waals surface area contributed by atoms with Crippen LogP contribution in [0.15, 0.2) is 61.4 Å². The highest BCUT2D eigenvalue weighted by Gasteiger charge is 2.21. The minimum Gasteiger partial charge on any atom is -0.495 e. The quantitative estimate of drug-likeness (QED) is 0.344. The standard InChI is InChI=1S/C28H28N8O3/c1-19(16-36-18-30-17-33-36)39-25-11-20(5-6-22(25)13-29)23-14-31-28(32-15-23)34-24-8-7-21(12-26(24)38-2)27(37)35-9-3-4-10-35/h5-8,11-12,14-15,17-19H,3-4,9-10,16H2,1-2H3,(H,31,32,34)/t19-/m0/s1. The molecule has 1 atom stereocenters. The van der Waals surface area contributed by atoms with E-state index in [4.69, 9.17) is 9.47 Å². The molecule has 198 valence electrons. The highest BCUT2D eigenvalue weighted by Crippen LogP contribution is 2.30. The van der Waals surface area contributed by atoms with Crippen molar-refractivity contribution >= 4 is 17.5 Å². The van der Waals surface area contributed by atoms with E-state index in [0.717, 1.165) is 37.1 Å². The maximum absolute atomic E-state index is 12.7. The zero-order valence-electron chi connectivity index (χ0n) is 21.7. The lowest BCUT2D eigenvalue weighted by Gasteiger charge is -2.17. The predicted octanol–water partition coefficient (Wildman–Crippen LogP) is 4.06. The van der Waals surface area contributed by atoms with Crippen molar-refractivity contribution in [2.75, 3.05) is 25.5 Å². The largest absolute Gasteiger partial charge is 0.495 e. The second-order valence-electron chi connectivity index (χ2n) is 9.20. The molecule has 1 amide bonds. The average Bonchev–Trinajstić information content (AvgIpc) is 3.68. The van der Waals surface area contributed by atoms with Crippen LogP contribution < -0.4 is 14.8 Å². The monoisotopic (exact) mass is 524 g/mol. The Morgan fingerprint density at radius 2 is 1.90 bits per heavy atom. The fraction of sp³-hybridized carbons (Fsp3) is 0.286. The molecule has 0 radical (unpaired) electrons. The number of nitrogens with zero attached hydrogens (tertiary/aromatic N) is 7. The van der Waals surface area contributed by atoms with Crippen LogP contribution in [0.3, 0.4) is 0 Å². The molecule has 1 aliphatic rings. The van der Waals surface area contributed by atoms with Crippen LogP contribution in [-0.4, -0.2) is 61.8 Å². The van der Waals surface area contributed by atoms with Crippen molar-refractivity contribution in [1.82, 2.24) is 29.6 Å². The maximum Gasteiger partial charge on any atom is 0.253 e. The number of carbonyl (C=O) groups excluding carboxylic acids is 1. The number of benzene rings is 2. The molecule has 2 aromatic carbocycles. The molecule has 1 fully saturated rings. The van der Waals surface area contributed by atoms with Crippen LogP contribution >= 0.6 is 0 Å². The van der Waals surface area contributed by atoms with Gasteiger partial charge in [-0.3, -0.25) is 4.79 Å². The number of nitrogens with one attached hydrogen (secondary N) is 1. The van der Waals surface area contributed by atoms with Crippen molar-refractivity contribution in [1.29, 1.82) is 5.26 Å². The van der Waals surface area contributed by atoms with Gasteiger partial charge in [-0.2, -0.15) is 10.4 Å². The number of likely N-dealkylation sites (tertiary alicyclic amines) is 1. The zero-order valence-corrected chi connectivity index (χ0v) is 21.7. The van der Waals surface area contributed by atoms with Gasteiger partial charge in [-0.1, -0.05) is 6.07 Å². The number of hydrogen-bond acceptors (Lipinski definition) is 9. The summed E-state index contributed by atoms with van der Waals surface area (Å²) in [5, 5.41) is 16.8. The number of ether oxygens (including phenoxy) is 2. The van der Waals surface area contributed by atoms with Gasteiger partial charge in [-0.25, -0.2) is 19.6 Å². The summed E-state index contributed by atoms with van der Waals surface area (Å²) in [6.07, 6.45) is 8.31. The first kappa shape index (κ1) is 25.7. The van der Waals surface area contributed by atoms with Crippen molar-refractivity contribution in [2.45, 2.75) is 32.4 Å². The van der Waals surface area contributed by atoms with Crippen LogP contribution in [-0.2, 0) is 6.54 Å². The molecule has 0 bridgehead atoms. The van der Waals surface area contributed by atoms with Gasteiger partial charge in [0.15, 0.2) is 0 Å². The van der Waals surface area contributed by atoms with Crippen molar-refractivity contribution < 1.29 is 14.3 Å². The molecular formula is C28H28N8O3. The second-order valence-corrected chi connectivity index (χ2v) is 9.20. The molecule has 0 unspecified atom stereocenters. The van der Waals surface area contributed by atoms with Crippen LogP contribution in [0.25, 0.3) is 11.1 Å². The summed E-state index contributed by atoms with van der Waals surface area (Å²) in [5.74, 6) is 1.39. The molecule has 1 aliphatic heterocycles. The molecule has 0 spiro atoms.